The Morgan fingerprint density at radius 3 is 2.53 bits per heavy atom. The second kappa shape index (κ2) is 11.0. The Morgan fingerprint density at radius 2 is 1.83 bits per heavy atom. The fourth-order valence-electron chi connectivity index (χ4n) is 3.17. The lowest BCUT2D eigenvalue weighted by Gasteiger charge is -2.16. The largest absolute Gasteiger partial charge is 0.488 e. The zero-order valence-electron chi connectivity index (χ0n) is 17.5. The van der Waals surface area contributed by atoms with Gasteiger partial charge in [0.05, 0.1) is 18.0 Å². The van der Waals surface area contributed by atoms with Crippen molar-refractivity contribution in [1.82, 2.24) is 14.9 Å². The van der Waals surface area contributed by atoms with Crippen molar-refractivity contribution < 1.29 is 13.2 Å². The summed E-state index contributed by atoms with van der Waals surface area (Å²) in [4.78, 5) is 4.86. The molecule has 0 fully saturated rings. The third kappa shape index (κ3) is 5.86. The van der Waals surface area contributed by atoms with Gasteiger partial charge in [-0.2, -0.15) is 0 Å². The van der Waals surface area contributed by atoms with E-state index in [-0.39, 0.29) is 41.5 Å². The van der Waals surface area contributed by atoms with Crippen LogP contribution in [-0.2, 0) is 23.0 Å². The smallest absolute Gasteiger partial charge is 0.242 e. The highest BCUT2D eigenvalue weighted by Gasteiger charge is 2.23. The van der Waals surface area contributed by atoms with Crippen molar-refractivity contribution in [3.05, 3.63) is 59.7 Å². The molecule has 0 radical (unpaired) electrons. The van der Waals surface area contributed by atoms with Crippen LogP contribution in [0.3, 0.4) is 0 Å². The molecule has 0 aliphatic carbocycles. The molecule has 0 spiro atoms. The number of para-hydroxylation sites is 1. The van der Waals surface area contributed by atoms with Crippen LogP contribution in [-0.4, -0.2) is 52.0 Å². The fourth-order valence-corrected chi connectivity index (χ4v) is 4.27. The maximum absolute atomic E-state index is 12.6. The van der Waals surface area contributed by atoms with Gasteiger partial charge in [-0.1, -0.05) is 36.4 Å². The first-order valence-electron chi connectivity index (χ1n) is 9.69. The Morgan fingerprint density at radius 1 is 1.13 bits per heavy atom. The average molecular weight is 544 g/mol. The summed E-state index contributed by atoms with van der Waals surface area (Å²) in [6, 6.07) is 15.0. The van der Waals surface area contributed by atoms with Crippen LogP contribution < -0.4 is 15.4 Å². The summed E-state index contributed by atoms with van der Waals surface area (Å²) in [5, 5.41) is 6.51. The maximum Gasteiger partial charge on any atom is 0.242 e. The Bertz CT molecular complexity index is 955. The van der Waals surface area contributed by atoms with Crippen LogP contribution in [0.15, 0.2) is 58.4 Å². The summed E-state index contributed by atoms with van der Waals surface area (Å²) in [5.41, 5.74) is 1.87. The summed E-state index contributed by atoms with van der Waals surface area (Å²) in [7, 11) is -0.464. The molecule has 2 N–H and O–H groups in total. The highest BCUT2D eigenvalue weighted by Crippen LogP contribution is 2.27. The van der Waals surface area contributed by atoms with Gasteiger partial charge in [-0.3, -0.25) is 0 Å². The first-order valence-corrected chi connectivity index (χ1v) is 11.1. The van der Waals surface area contributed by atoms with E-state index in [1.54, 1.807) is 18.2 Å². The lowest BCUT2D eigenvalue weighted by atomic mass is 10.1. The summed E-state index contributed by atoms with van der Waals surface area (Å²) < 4.78 is 32.3. The highest BCUT2D eigenvalue weighted by molar-refractivity contribution is 14.0. The van der Waals surface area contributed by atoms with E-state index in [1.165, 1.54) is 24.0 Å². The van der Waals surface area contributed by atoms with Gasteiger partial charge in [0.1, 0.15) is 11.9 Å². The molecule has 2 aromatic carbocycles. The van der Waals surface area contributed by atoms with Crippen LogP contribution in [0.2, 0.25) is 0 Å². The predicted octanol–water partition coefficient (Wildman–Crippen LogP) is 2.61. The van der Waals surface area contributed by atoms with Crippen molar-refractivity contribution in [2.75, 3.05) is 27.2 Å². The molecule has 1 unspecified atom stereocenters. The molecule has 1 heterocycles. The molecule has 164 valence electrons. The first kappa shape index (κ1) is 24.4. The van der Waals surface area contributed by atoms with E-state index in [0.717, 1.165) is 12.2 Å². The fraction of sp³-hybridized carbons (Fsp3) is 0.381. The Labute approximate surface area is 196 Å². The molecule has 30 heavy (non-hydrogen) atoms. The molecule has 1 aliphatic rings. The van der Waals surface area contributed by atoms with Crippen molar-refractivity contribution in [2.45, 2.75) is 30.9 Å². The van der Waals surface area contributed by atoms with Crippen molar-refractivity contribution in [1.29, 1.82) is 0 Å². The van der Waals surface area contributed by atoms with E-state index in [1.807, 2.05) is 31.2 Å². The van der Waals surface area contributed by atoms with Gasteiger partial charge in [0.2, 0.25) is 10.0 Å². The van der Waals surface area contributed by atoms with Crippen LogP contribution >= 0.6 is 24.0 Å². The summed E-state index contributed by atoms with van der Waals surface area (Å²) in [6.07, 6.45) is 0.893. The number of hydrogen-bond acceptors (Lipinski definition) is 4. The molecule has 0 bridgehead atoms. The predicted molar refractivity (Wildman–Crippen MR) is 130 cm³/mol. The summed E-state index contributed by atoms with van der Waals surface area (Å²) >= 11 is 0. The maximum atomic E-state index is 12.6. The molecule has 1 atom stereocenters. The average Bonchev–Trinajstić information content (AvgIpc) is 3.13. The quantitative estimate of drug-likeness (QED) is 0.318. The molecule has 2 aromatic rings. The summed E-state index contributed by atoms with van der Waals surface area (Å²) in [5.74, 6) is 1.56. The molecular weight excluding hydrogens is 515 g/mol. The van der Waals surface area contributed by atoms with Crippen molar-refractivity contribution >= 4 is 40.0 Å². The van der Waals surface area contributed by atoms with Crippen LogP contribution in [0.25, 0.3) is 0 Å². The number of sulfonamides is 1. The van der Waals surface area contributed by atoms with Gasteiger partial charge in [-0.25, -0.2) is 17.7 Å². The van der Waals surface area contributed by atoms with E-state index in [0.29, 0.717) is 24.6 Å². The minimum absolute atomic E-state index is 0. The van der Waals surface area contributed by atoms with Crippen LogP contribution in [0.5, 0.6) is 5.75 Å². The number of nitrogens with one attached hydrogen (secondary N) is 2. The molecule has 3 rings (SSSR count). The Balaban J connectivity index is 0.00000320. The number of benzene rings is 2. The van der Waals surface area contributed by atoms with E-state index in [9.17, 15) is 8.42 Å². The second-order valence-electron chi connectivity index (χ2n) is 7.02. The van der Waals surface area contributed by atoms with Gasteiger partial charge < -0.3 is 15.4 Å². The normalized spacial score (nSPS) is 15.9. The number of hydrogen-bond donors (Lipinski definition) is 2. The molecule has 0 aromatic heterocycles. The molecule has 1 aliphatic heterocycles. The molecule has 0 saturated carbocycles. The molecular formula is C21H29IN4O3S. The van der Waals surface area contributed by atoms with Gasteiger partial charge in [0.25, 0.3) is 0 Å². The number of fused-ring (bicyclic) bond motifs is 1. The number of guanidine groups is 1. The first-order chi connectivity index (χ1) is 13.9. The summed E-state index contributed by atoms with van der Waals surface area (Å²) in [6.45, 7) is 3.56. The van der Waals surface area contributed by atoms with Gasteiger partial charge in [-0.05, 0) is 30.2 Å². The molecule has 0 saturated heterocycles. The zero-order valence-corrected chi connectivity index (χ0v) is 20.6. The van der Waals surface area contributed by atoms with Crippen LogP contribution in [0, 0.1) is 0 Å². The standard InChI is InChI=1S/C21H28N4O3S.HI/c1-4-22-21(24-15-18-13-16-9-5-7-11-19(16)28-18)23-14-17-10-6-8-12-20(17)29(26,27)25(2)3;/h5-12,18H,4,13-15H2,1-3H3,(H2,22,23,24);1H. The SMILES string of the molecule is CCNC(=NCc1ccccc1S(=O)(=O)N(C)C)NCC1Cc2ccccc2O1.I. The number of rotatable bonds is 7. The van der Waals surface area contributed by atoms with E-state index >= 15 is 0 Å². The highest BCUT2D eigenvalue weighted by atomic mass is 127. The van der Waals surface area contributed by atoms with E-state index < -0.39 is 10.0 Å². The van der Waals surface area contributed by atoms with Crippen LogP contribution in [0.4, 0.5) is 0 Å². The third-order valence-electron chi connectivity index (χ3n) is 4.69. The molecule has 9 heteroatoms. The van der Waals surface area contributed by atoms with Gasteiger partial charge in [-0.15, -0.1) is 24.0 Å². The Hall–Kier alpha value is -1.85. The number of ether oxygens (including phenoxy) is 1. The lowest BCUT2D eigenvalue weighted by Crippen LogP contribution is -2.42. The van der Waals surface area contributed by atoms with Crippen molar-refractivity contribution in [2.24, 2.45) is 4.99 Å². The lowest BCUT2D eigenvalue weighted by molar-refractivity contribution is 0.235. The zero-order chi connectivity index (χ0) is 20.9. The monoisotopic (exact) mass is 544 g/mol. The van der Waals surface area contributed by atoms with Gasteiger partial charge in [0, 0.05) is 27.1 Å². The third-order valence-corrected chi connectivity index (χ3v) is 6.61. The Kier molecular flexibility index (Phi) is 8.92. The molecule has 0 amide bonds. The minimum atomic E-state index is -3.52. The number of aliphatic imine (C=N–C) groups is 1. The van der Waals surface area contributed by atoms with Crippen molar-refractivity contribution in [3.63, 3.8) is 0 Å². The van der Waals surface area contributed by atoms with Crippen molar-refractivity contribution in [3.8, 4) is 5.75 Å². The minimum Gasteiger partial charge on any atom is -0.488 e. The number of halogens is 1. The second-order valence-corrected chi connectivity index (χ2v) is 9.14. The topological polar surface area (TPSA) is 83.0 Å². The van der Waals surface area contributed by atoms with Crippen LogP contribution in [0.1, 0.15) is 18.1 Å². The van der Waals surface area contributed by atoms with Gasteiger partial charge in [0.15, 0.2) is 5.96 Å². The number of nitrogens with zero attached hydrogens (tertiary/aromatic N) is 2. The molecule has 7 nitrogen and oxygen atoms in total. The van der Waals surface area contributed by atoms with E-state index in [4.69, 9.17) is 4.74 Å². The van der Waals surface area contributed by atoms with E-state index in [2.05, 4.69) is 21.7 Å². The van der Waals surface area contributed by atoms with Gasteiger partial charge >= 0.3 is 0 Å².